The number of hydrogen-bond acceptors (Lipinski definition) is 6. The third-order valence-corrected chi connectivity index (χ3v) is 5.76. The summed E-state index contributed by atoms with van der Waals surface area (Å²) < 4.78 is 11.8. The first-order valence-electron chi connectivity index (χ1n) is 11.0. The van der Waals surface area contributed by atoms with Crippen LogP contribution in [0.25, 0.3) is 10.8 Å². The van der Waals surface area contributed by atoms with Gasteiger partial charge in [0.15, 0.2) is 0 Å². The van der Waals surface area contributed by atoms with Crippen LogP contribution < -0.4 is 4.74 Å². The second-order valence-electron chi connectivity index (χ2n) is 8.17. The summed E-state index contributed by atoms with van der Waals surface area (Å²) in [6.07, 6.45) is 8.16. The summed E-state index contributed by atoms with van der Waals surface area (Å²) in [5.41, 5.74) is 2.54. The van der Waals surface area contributed by atoms with Crippen LogP contribution in [0.4, 0.5) is 0 Å². The van der Waals surface area contributed by atoms with Gasteiger partial charge in [-0.3, -0.25) is 9.88 Å². The molecule has 1 saturated heterocycles. The lowest BCUT2D eigenvalue weighted by molar-refractivity contribution is 0.122. The lowest BCUT2D eigenvalue weighted by atomic mass is 9.95. The molecule has 162 valence electrons. The molecule has 1 fully saturated rings. The number of nitrogens with zero attached hydrogens (tertiary/aromatic N) is 4. The third-order valence-electron chi connectivity index (χ3n) is 5.76. The van der Waals surface area contributed by atoms with Gasteiger partial charge in [0.25, 0.3) is 0 Å². The SMILES string of the molecule is c1cnc(Oc2cccc(CN3CCOC[C@@H](Cc4cccc5ccncc45)C3)c2)nc1. The molecule has 32 heavy (non-hydrogen) atoms. The van der Waals surface area contributed by atoms with Crippen LogP contribution in [0.1, 0.15) is 11.1 Å². The zero-order valence-corrected chi connectivity index (χ0v) is 17.9. The molecule has 0 bridgehead atoms. The predicted molar refractivity (Wildman–Crippen MR) is 124 cm³/mol. The molecule has 0 spiro atoms. The second kappa shape index (κ2) is 9.85. The minimum Gasteiger partial charge on any atom is -0.424 e. The van der Waals surface area contributed by atoms with Gasteiger partial charge in [0.05, 0.1) is 13.2 Å². The summed E-state index contributed by atoms with van der Waals surface area (Å²) in [6.45, 7) is 4.29. The molecule has 0 radical (unpaired) electrons. The van der Waals surface area contributed by atoms with E-state index in [0.717, 1.165) is 45.0 Å². The minimum absolute atomic E-state index is 0.359. The maximum Gasteiger partial charge on any atom is 0.321 e. The van der Waals surface area contributed by atoms with Gasteiger partial charge in [-0.15, -0.1) is 0 Å². The molecule has 2 aromatic carbocycles. The zero-order valence-electron chi connectivity index (χ0n) is 17.9. The van der Waals surface area contributed by atoms with Crippen LogP contribution in [0, 0.1) is 5.92 Å². The summed E-state index contributed by atoms with van der Waals surface area (Å²) in [4.78, 5) is 15.1. The highest BCUT2D eigenvalue weighted by Crippen LogP contribution is 2.24. The number of pyridine rings is 1. The highest BCUT2D eigenvalue weighted by atomic mass is 16.5. The Morgan fingerprint density at radius 1 is 1.00 bits per heavy atom. The molecule has 5 rings (SSSR count). The van der Waals surface area contributed by atoms with Gasteiger partial charge in [-0.2, -0.15) is 0 Å². The summed E-state index contributed by atoms with van der Waals surface area (Å²) in [5, 5.41) is 2.47. The largest absolute Gasteiger partial charge is 0.424 e. The van der Waals surface area contributed by atoms with Crippen molar-refractivity contribution in [2.75, 3.05) is 26.3 Å². The summed E-state index contributed by atoms with van der Waals surface area (Å²) in [7, 11) is 0. The first-order chi connectivity index (χ1) is 15.8. The van der Waals surface area contributed by atoms with E-state index < -0.39 is 0 Å². The van der Waals surface area contributed by atoms with Crippen molar-refractivity contribution in [1.82, 2.24) is 19.9 Å². The Morgan fingerprint density at radius 3 is 2.84 bits per heavy atom. The number of hydrogen-bond donors (Lipinski definition) is 0. The maximum absolute atomic E-state index is 5.96. The van der Waals surface area contributed by atoms with Gasteiger partial charge in [-0.05, 0) is 53.1 Å². The summed E-state index contributed by atoms with van der Waals surface area (Å²) in [6, 6.07) is 18.8. The van der Waals surface area contributed by atoms with Crippen molar-refractivity contribution < 1.29 is 9.47 Å². The summed E-state index contributed by atoms with van der Waals surface area (Å²) >= 11 is 0. The monoisotopic (exact) mass is 426 g/mol. The lowest BCUT2D eigenvalue weighted by Gasteiger charge is -2.24. The Bertz CT molecular complexity index is 1160. The van der Waals surface area contributed by atoms with Gasteiger partial charge in [-0.25, -0.2) is 9.97 Å². The Hall–Kier alpha value is -3.35. The van der Waals surface area contributed by atoms with Crippen molar-refractivity contribution in [3.05, 3.63) is 90.5 Å². The van der Waals surface area contributed by atoms with E-state index in [0.29, 0.717) is 11.9 Å². The Kier molecular flexibility index (Phi) is 6.32. The van der Waals surface area contributed by atoms with Crippen molar-refractivity contribution in [2.45, 2.75) is 13.0 Å². The quantitative estimate of drug-likeness (QED) is 0.452. The molecular formula is C26H26N4O2. The van der Waals surface area contributed by atoms with Gasteiger partial charge in [-0.1, -0.05) is 30.3 Å². The van der Waals surface area contributed by atoms with E-state index >= 15 is 0 Å². The third kappa shape index (κ3) is 5.10. The highest BCUT2D eigenvalue weighted by Gasteiger charge is 2.20. The Morgan fingerprint density at radius 2 is 1.91 bits per heavy atom. The number of benzene rings is 2. The summed E-state index contributed by atoms with van der Waals surface area (Å²) in [5.74, 6) is 1.18. The molecule has 1 atom stereocenters. The number of rotatable bonds is 6. The molecular weight excluding hydrogens is 400 g/mol. The fourth-order valence-corrected chi connectivity index (χ4v) is 4.29. The minimum atomic E-state index is 0.359. The maximum atomic E-state index is 5.96. The van der Waals surface area contributed by atoms with Gasteiger partial charge in [0, 0.05) is 49.8 Å². The van der Waals surface area contributed by atoms with Crippen LogP contribution in [-0.4, -0.2) is 46.2 Å². The Labute approximate surface area is 187 Å². The predicted octanol–water partition coefficient (Wildman–Crippen LogP) is 4.51. The molecule has 0 unspecified atom stereocenters. The average molecular weight is 427 g/mol. The standard InChI is InChI=1S/C26H26N4O2/c1-4-20(15-24(7-1)32-26-28-9-3-10-29-26)17-30-12-13-31-19-21(18-30)14-23-6-2-5-22-8-11-27-16-25(22)23/h1-11,15-16,21H,12-14,17-19H2/t21-/m0/s1. The van der Waals surface area contributed by atoms with E-state index in [1.165, 1.54) is 21.9 Å². The average Bonchev–Trinajstić information content (AvgIpc) is 3.05. The molecule has 0 saturated carbocycles. The molecule has 3 heterocycles. The van der Waals surface area contributed by atoms with Crippen LogP contribution in [0.5, 0.6) is 11.8 Å². The van der Waals surface area contributed by atoms with Crippen molar-refractivity contribution in [3.63, 3.8) is 0 Å². The van der Waals surface area contributed by atoms with E-state index in [1.54, 1.807) is 18.5 Å². The van der Waals surface area contributed by atoms with Crippen LogP contribution in [-0.2, 0) is 17.7 Å². The van der Waals surface area contributed by atoms with Gasteiger partial charge in [0.1, 0.15) is 5.75 Å². The molecule has 1 aliphatic heterocycles. The second-order valence-corrected chi connectivity index (χ2v) is 8.17. The normalized spacial score (nSPS) is 17.2. The van der Waals surface area contributed by atoms with Crippen LogP contribution in [0.2, 0.25) is 0 Å². The Balaban J connectivity index is 1.27. The van der Waals surface area contributed by atoms with Crippen LogP contribution in [0.3, 0.4) is 0 Å². The molecule has 0 N–H and O–H groups in total. The number of aromatic nitrogens is 3. The fourth-order valence-electron chi connectivity index (χ4n) is 4.29. The fraction of sp³-hybridized carbons (Fsp3) is 0.269. The molecule has 0 aliphatic carbocycles. The molecule has 6 heteroatoms. The lowest BCUT2D eigenvalue weighted by Crippen LogP contribution is -2.30. The number of fused-ring (bicyclic) bond motifs is 1. The van der Waals surface area contributed by atoms with Gasteiger partial charge < -0.3 is 9.47 Å². The van der Waals surface area contributed by atoms with Gasteiger partial charge in [0.2, 0.25) is 0 Å². The van der Waals surface area contributed by atoms with Crippen molar-refractivity contribution in [3.8, 4) is 11.8 Å². The first-order valence-corrected chi connectivity index (χ1v) is 11.0. The van der Waals surface area contributed by atoms with Crippen molar-refractivity contribution >= 4 is 10.8 Å². The van der Waals surface area contributed by atoms with E-state index in [4.69, 9.17) is 9.47 Å². The van der Waals surface area contributed by atoms with Crippen molar-refractivity contribution in [1.29, 1.82) is 0 Å². The molecule has 0 amide bonds. The highest BCUT2D eigenvalue weighted by molar-refractivity contribution is 5.84. The van der Waals surface area contributed by atoms with Crippen LogP contribution in [0.15, 0.2) is 79.4 Å². The molecule has 4 aromatic rings. The smallest absolute Gasteiger partial charge is 0.321 e. The van der Waals surface area contributed by atoms with E-state index in [1.807, 2.05) is 24.5 Å². The molecule has 6 nitrogen and oxygen atoms in total. The zero-order chi connectivity index (χ0) is 21.6. The molecule has 1 aliphatic rings. The van der Waals surface area contributed by atoms with E-state index in [-0.39, 0.29) is 0 Å². The first kappa shape index (κ1) is 20.5. The molecule has 2 aromatic heterocycles. The van der Waals surface area contributed by atoms with Crippen LogP contribution >= 0.6 is 0 Å². The number of ether oxygens (including phenoxy) is 2. The topological polar surface area (TPSA) is 60.4 Å². The van der Waals surface area contributed by atoms with Gasteiger partial charge >= 0.3 is 6.01 Å². The van der Waals surface area contributed by atoms with E-state index in [9.17, 15) is 0 Å². The van der Waals surface area contributed by atoms with E-state index in [2.05, 4.69) is 56.3 Å². The van der Waals surface area contributed by atoms with Crippen molar-refractivity contribution in [2.24, 2.45) is 5.92 Å².